The fraction of sp³-hybridized carbons (Fsp3) is 0.286. The number of fused-ring (bicyclic) bond motifs is 1. The lowest BCUT2D eigenvalue weighted by atomic mass is 10.1. The molecule has 0 unspecified atom stereocenters. The van der Waals surface area contributed by atoms with Gasteiger partial charge in [0.05, 0.1) is 5.25 Å². The van der Waals surface area contributed by atoms with Crippen LogP contribution in [0.5, 0.6) is 0 Å². The number of anilines is 1. The van der Waals surface area contributed by atoms with Gasteiger partial charge < -0.3 is 11.2 Å². The van der Waals surface area contributed by atoms with Crippen molar-refractivity contribution in [1.29, 1.82) is 0 Å². The van der Waals surface area contributed by atoms with Crippen molar-refractivity contribution in [3.05, 3.63) is 70.8 Å². The highest BCUT2D eigenvalue weighted by molar-refractivity contribution is 8.00. The lowest BCUT2D eigenvalue weighted by Crippen LogP contribution is -2.24. The Balaban J connectivity index is 1.39. The molecule has 1 aromatic heterocycles. The average molecular weight is 412 g/mol. The van der Waals surface area contributed by atoms with Crippen LogP contribution in [-0.2, 0) is 24.1 Å². The van der Waals surface area contributed by atoms with E-state index in [9.17, 15) is 9.18 Å². The van der Waals surface area contributed by atoms with E-state index in [4.69, 9.17) is 5.84 Å². The second-order valence-electron chi connectivity index (χ2n) is 7.16. The van der Waals surface area contributed by atoms with Crippen LogP contribution >= 0.6 is 11.8 Å². The van der Waals surface area contributed by atoms with Crippen molar-refractivity contribution in [3.63, 3.8) is 0 Å². The van der Waals surface area contributed by atoms with Gasteiger partial charge in [-0.05, 0) is 67.1 Å². The van der Waals surface area contributed by atoms with Crippen LogP contribution in [0, 0.1) is 5.82 Å². The minimum atomic E-state index is -0.395. The molecular weight excluding hydrogens is 389 g/mol. The molecular formula is C21H22FN5OS. The van der Waals surface area contributed by atoms with E-state index >= 15 is 0 Å². The summed E-state index contributed by atoms with van der Waals surface area (Å²) in [4.78, 5) is 12.6. The molecule has 0 bridgehead atoms. The zero-order valence-corrected chi connectivity index (χ0v) is 16.9. The number of amides is 1. The van der Waals surface area contributed by atoms with Crippen LogP contribution in [0.2, 0.25) is 0 Å². The first-order chi connectivity index (χ1) is 14.0. The molecule has 1 atom stereocenters. The van der Waals surface area contributed by atoms with Crippen LogP contribution < -0.4 is 11.2 Å². The molecule has 0 aliphatic heterocycles. The van der Waals surface area contributed by atoms with Crippen LogP contribution in [0.15, 0.2) is 47.6 Å². The number of hydrogen-bond acceptors (Lipinski definition) is 5. The van der Waals surface area contributed by atoms with Gasteiger partial charge in [-0.2, -0.15) is 0 Å². The molecule has 1 heterocycles. The van der Waals surface area contributed by atoms with Crippen LogP contribution in [0.3, 0.4) is 0 Å². The van der Waals surface area contributed by atoms with Crippen LogP contribution in [0.4, 0.5) is 10.1 Å². The zero-order valence-electron chi connectivity index (χ0n) is 16.1. The molecule has 0 saturated carbocycles. The molecule has 8 heteroatoms. The van der Waals surface area contributed by atoms with Crippen LogP contribution in [0.25, 0.3) is 0 Å². The maximum absolute atomic E-state index is 13.1. The number of thioether (sulfide) groups is 1. The Morgan fingerprint density at radius 3 is 2.76 bits per heavy atom. The van der Waals surface area contributed by atoms with Gasteiger partial charge in [-0.25, -0.2) is 9.07 Å². The highest BCUT2D eigenvalue weighted by Crippen LogP contribution is 2.26. The summed E-state index contributed by atoms with van der Waals surface area (Å²) in [6.45, 7) is 1.81. The Bertz CT molecular complexity index is 1030. The molecule has 6 nitrogen and oxygen atoms in total. The number of nitrogens with one attached hydrogen (secondary N) is 1. The first kappa shape index (κ1) is 19.4. The SMILES string of the molecule is C[C@H](Sc1nnc(Cc2ccc(F)cc2)n1N)C(=O)Nc1ccc2c(c1)CCC2. The minimum absolute atomic E-state index is 0.115. The number of aryl methyl sites for hydroxylation is 2. The first-order valence-electron chi connectivity index (χ1n) is 9.53. The van der Waals surface area contributed by atoms with E-state index < -0.39 is 5.25 Å². The summed E-state index contributed by atoms with van der Waals surface area (Å²) in [5.41, 5.74) is 4.38. The van der Waals surface area contributed by atoms with Gasteiger partial charge in [0.2, 0.25) is 11.1 Å². The maximum atomic E-state index is 13.1. The third-order valence-electron chi connectivity index (χ3n) is 5.03. The Labute approximate surface area is 172 Å². The number of rotatable bonds is 6. The van der Waals surface area contributed by atoms with Crippen LogP contribution in [-0.4, -0.2) is 26.0 Å². The summed E-state index contributed by atoms with van der Waals surface area (Å²) in [7, 11) is 0. The van der Waals surface area contributed by atoms with E-state index in [-0.39, 0.29) is 11.7 Å². The van der Waals surface area contributed by atoms with Crippen molar-refractivity contribution in [2.75, 3.05) is 11.2 Å². The predicted octanol–water partition coefficient (Wildman–Crippen LogP) is 3.33. The van der Waals surface area contributed by atoms with Crippen molar-refractivity contribution in [2.24, 2.45) is 0 Å². The quantitative estimate of drug-likeness (QED) is 0.480. The van der Waals surface area contributed by atoms with E-state index in [1.807, 2.05) is 13.0 Å². The smallest absolute Gasteiger partial charge is 0.237 e. The van der Waals surface area contributed by atoms with Gasteiger partial charge in [-0.1, -0.05) is 30.0 Å². The summed E-state index contributed by atoms with van der Waals surface area (Å²) in [5, 5.41) is 11.2. The number of halogens is 1. The van der Waals surface area contributed by atoms with Gasteiger partial charge in [-0.3, -0.25) is 4.79 Å². The van der Waals surface area contributed by atoms with Crippen molar-refractivity contribution in [3.8, 4) is 0 Å². The van der Waals surface area contributed by atoms with Gasteiger partial charge in [0.15, 0.2) is 5.82 Å². The standard InChI is InChI=1S/C21H22FN5OS/c1-13(20(28)24-18-10-7-15-3-2-4-16(15)12-18)29-21-26-25-19(27(21)23)11-14-5-8-17(22)9-6-14/h5-10,12-13H,2-4,11,23H2,1H3,(H,24,28)/t13-/m0/s1. The van der Waals surface area contributed by atoms with E-state index in [1.165, 1.54) is 46.1 Å². The molecule has 1 aliphatic carbocycles. The van der Waals surface area contributed by atoms with E-state index in [2.05, 4.69) is 27.6 Å². The van der Waals surface area contributed by atoms with Crippen molar-refractivity contribution < 1.29 is 9.18 Å². The molecule has 0 spiro atoms. The molecule has 4 rings (SSSR count). The maximum Gasteiger partial charge on any atom is 0.237 e. The second kappa shape index (κ2) is 8.24. The third-order valence-corrected chi connectivity index (χ3v) is 6.08. The average Bonchev–Trinajstić information content (AvgIpc) is 3.31. The normalized spacial score (nSPS) is 13.9. The summed E-state index contributed by atoms with van der Waals surface area (Å²) in [6.07, 6.45) is 3.78. The summed E-state index contributed by atoms with van der Waals surface area (Å²) >= 11 is 1.25. The largest absolute Gasteiger partial charge is 0.336 e. The molecule has 3 N–H and O–H groups in total. The topological polar surface area (TPSA) is 85.8 Å². The number of nitrogens with two attached hydrogens (primary N) is 1. The van der Waals surface area contributed by atoms with Gasteiger partial charge in [0, 0.05) is 12.1 Å². The summed E-state index contributed by atoms with van der Waals surface area (Å²) < 4.78 is 14.4. The minimum Gasteiger partial charge on any atom is -0.336 e. The molecule has 0 radical (unpaired) electrons. The molecule has 1 aliphatic rings. The molecule has 0 fully saturated rings. The fourth-order valence-corrected chi connectivity index (χ4v) is 4.19. The summed E-state index contributed by atoms with van der Waals surface area (Å²) in [6, 6.07) is 12.3. The number of benzene rings is 2. The van der Waals surface area contributed by atoms with Crippen molar-refractivity contribution in [1.82, 2.24) is 14.9 Å². The number of aromatic nitrogens is 3. The fourth-order valence-electron chi connectivity index (χ4n) is 3.40. The number of nitrogen functional groups attached to an aromatic ring is 1. The Hall–Kier alpha value is -2.87. The number of carbonyl (C=O) groups is 1. The van der Waals surface area contributed by atoms with Gasteiger partial charge in [0.1, 0.15) is 5.82 Å². The Kier molecular flexibility index (Phi) is 5.53. The molecule has 2 aromatic carbocycles. The first-order valence-corrected chi connectivity index (χ1v) is 10.4. The molecule has 1 amide bonds. The number of carbonyl (C=O) groups excluding carboxylic acids is 1. The lowest BCUT2D eigenvalue weighted by Gasteiger charge is -2.12. The second-order valence-corrected chi connectivity index (χ2v) is 8.47. The van der Waals surface area contributed by atoms with E-state index in [1.54, 1.807) is 12.1 Å². The highest BCUT2D eigenvalue weighted by Gasteiger charge is 2.20. The molecule has 29 heavy (non-hydrogen) atoms. The number of nitrogens with zero attached hydrogens (tertiary/aromatic N) is 3. The monoisotopic (exact) mass is 411 g/mol. The van der Waals surface area contributed by atoms with E-state index in [0.29, 0.717) is 17.4 Å². The van der Waals surface area contributed by atoms with Crippen molar-refractivity contribution >= 4 is 23.4 Å². The van der Waals surface area contributed by atoms with Crippen LogP contribution in [0.1, 0.15) is 35.9 Å². The zero-order chi connectivity index (χ0) is 20.4. The van der Waals surface area contributed by atoms with E-state index in [0.717, 1.165) is 24.1 Å². The lowest BCUT2D eigenvalue weighted by molar-refractivity contribution is -0.115. The summed E-state index contributed by atoms with van der Waals surface area (Å²) in [5.74, 6) is 6.25. The van der Waals surface area contributed by atoms with Gasteiger partial charge >= 0.3 is 0 Å². The highest BCUT2D eigenvalue weighted by atomic mass is 32.2. The van der Waals surface area contributed by atoms with Gasteiger partial charge in [0.25, 0.3) is 0 Å². The third kappa shape index (κ3) is 4.42. The molecule has 150 valence electrons. The van der Waals surface area contributed by atoms with Crippen molar-refractivity contribution in [2.45, 2.75) is 43.0 Å². The predicted molar refractivity (Wildman–Crippen MR) is 112 cm³/mol. The molecule has 0 saturated heterocycles. The van der Waals surface area contributed by atoms with Gasteiger partial charge in [-0.15, -0.1) is 10.2 Å². The Morgan fingerprint density at radius 1 is 1.21 bits per heavy atom. The Morgan fingerprint density at radius 2 is 1.97 bits per heavy atom. The molecule has 3 aromatic rings. The number of hydrogen-bond donors (Lipinski definition) is 2.